The van der Waals surface area contributed by atoms with Crippen LogP contribution >= 0.6 is 0 Å². The highest BCUT2D eigenvalue weighted by molar-refractivity contribution is 6.05. The second kappa shape index (κ2) is 4.70. The van der Waals surface area contributed by atoms with E-state index in [0.29, 0.717) is 5.56 Å². The Bertz CT molecular complexity index is 809. The summed E-state index contributed by atoms with van der Waals surface area (Å²) in [5, 5.41) is 11.6. The molecule has 1 amide bonds. The molecule has 20 heavy (non-hydrogen) atoms. The molecule has 3 aromatic rings. The van der Waals surface area contributed by atoms with Crippen molar-refractivity contribution in [1.29, 1.82) is 0 Å². The van der Waals surface area contributed by atoms with Gasteiger partial charge in [-0.1, -0.05) is 42.5 Å². The zero-order chi connectivity index (χ0) is 14.1. The van der Waals surface area contributed by atoms with Gasteiger partial charge < -0.3 is 10.8 Å². The van der Waals surface area contributed by atoms with Crippen LogP contribution in [0.1, 0.15) is 10.4 Å². The molecule has 0 bridgehead atoms. The molecule has 3 rings (SSSR count). The van der Waals surface area contributed by atoms with Gasteiger partial charge in [0.2, 0.25) is 5.91 Å². The molecule has 3 heteroatoms. The molecule has 0 spiro atoms. The Morgan fingerprint density at radius 3 is 2.45 bits per heavy atom. The maximum atomic E-state index is 11.6. The number of aromatic hydroxyl groups is 1. The number of phenols is 1. The molecular weight excluding hydrogens is 250 g/mol. The molecule has 98 valence electrons. The van der Waals surface area contributed by atoms with E-state index in [0.717, 1.165) is 21.9 Å². The number of rotatable bonds is 2. The standard InChI is InChI=1S/C17H13NO2/c18-17(20)15-6-2-1-5-13(15)14-7-3-4-11-8-9-12(19)10-16(11)14/h1-10,19H,(H2,18,20). The van der Waals surface area contributed by atoms with Crippen molar-refractivity contribution in [2.75, 3.05) is 0 Å². The fraction of sp³-hybridized carbons (Fsp3) is 0. The van der Waals surface area contributed by atoms with Crippen LogP contribution in [0.4, 0.5) is 0 Å². The summed E-state index contributed by atoms with van der Waals surface area (Å²) in [7, 11) is 0. The minimum atomic E-state index is -0.460. The number of fused-ring (bicyclic) bond motifs is 1. The van der Waals surface area contributed by atoms with Gasteiger partial charge in [0, 0.05) is 5.56 Å². The quantitative estimate of drug-likeness (QED) is 0.745. The summed E-state index contributed by atoms with van der Waals surface area (Å²) in [4.78, 5) is 11.6. The lowest BCUT2D eigenvalue weighted by atomic mass is 9.94. The molecule has 0 saturated heterocycles. The maximum Gasteiger partial charge on any atom is 0.249 e. The van der Waals surface area contributed by atoms with E-state index in [1.54, 1.807) is 24.3 Å². The average Bonchev–Trinajstić information content (AvgIpc) is 2.46. The van der Waals surface area contributed by atoms with Crippen molar-refractivity contribution >= 4 is 16.7 Å². The lowest BCUT2D eigenvalue weighted by Crippen LogP contribution is -2.12. The van der Waals surface area contributed by atoms with Crippen LogP contribution in [0.3, 0.4) is 0 Å². The molecule has 0 unspecified atom stereocenters. The van der Waals surface area contributed by atoms with E-state index in [1.807, 2.05) is 36.4 Å². The van der Waals surface area contributed by atoms with Crippen LogP contribution in [-0.2, 0) is 0 Å². The summed E-state index contributed by atoms with van der Waals surface area (Å²) in [5.41, 5.74) is 7.57. The van der Waals surface area contributed by atoms with Crippen LogP contribution in [0.5, 0.6) is 5.75 Å². The highest BCUT2D eigenvalue weighted by Gasteiger charge is 2.11. The molecule has 0 heterocycles. The number of carbonyl (C=O) groups is 1. The first-order valence-corrected chi connectivity index (χ1v) is 6.28. The second-order valence-electron chi connectivity index (χ2n) is 4.62. The Kier molecular flexibility index (Phi) is 2.88. The highest BCUT2D eigenvalue weighted by Crippen LogP contribution is 2.32. The van der Waals surface area contributed by atoms with Crippen molar-refractivity contribution in [1.82, 2.24) is 0 Å². The first-order valence-electron chi connectivity index (χ1n) is 6.28. The Hall–Kier alpha value is -2.81. The Morgan fingerprint density at radius 2 is 1.65 bits per heavy atom. The van der Waals surface area contributed by atoms with Crippen LogP contribution < -0.4 is 5.73 Å². The van der Waals surface area contributed by atoms with E-state index in [2.05, 4.69) is 0 Å². The van der Waals surface area contributed by atoms with Crippen LogP contribution in [0.15, 0.2) is 60.7 Å². The summed E-state index contributed by atoms with van der Waals surface area (Å²) < 4.78 is 0. The van der Waals surface area contributed by atoms with Crippen molar-refractivity contribution < 1.29 is 9.90 Å². The summed E-state index contributed by atoms with van der Waals surface area (Å²) in [5.74, 6) is -0.265. The topological polar surface area (TPSA) is 63.3 Å². The van der Waals surface area contributed by atoms with Gasteiger partial charge in [-0.15, -0.1) is 0 Å². The summed E-state index contributed by atoms with van der Waals surface area (Å²) in [6.07, 6.45) is 0. The average molecular weight is 263 g/mol. The zero-order valence-corrected chi connectivity index (χ0v) is 10.7. The van der Waals surface area contributed by atoms with Gasteiger partial charge in [-0.25, -0.2) is 0 Å². The van der Waals surface area contributed by atoms with Gasteiger partial charge in [0.25, 0.3) is 0 Å². The third kappa shape index (κ3) is 1.99. The van der Waals surface area contributed by atoms with E-state index in [4.69, 9.17) is 5.73 Å². The first-order chi connectivity index (χ1) is 9.66. The number of hydrogen-bond donors (Lipinski definition) is 2. The molecule has 0 aliphatic heterocycles. The van der Waals surface area contributed by atoms with Crippen molar-refractivity contribution in [3.05, 3.63) is 66.2 Å². The summed E-state index contributed by atoms with van der Waals surface area (Å²) in [6, 6.07) is 18.2. The fourth-order valence-corrected chi connectivity index (χ4v) is 2.43. The van der Waals surface area contributed by atoms with E-state index >= 15 is 0 Å². The van der Waals surface area contributed by atoms with Crippen LogP contribution in [0.25, 0.3) is 21.9 Å². The molecule has 0 saturated carbocycles. The normalized spacial score (nSPS) is 10.6. The molecule has 0 aromatic heterocycles. The molecule has 3 N–H and O–H groups in total. The number of carbonyl (C=O) groups excluding carboxylic acids is 1. The van der Waals surface area contributed by atoms with Gasteiger partial charge in [-0.2, -0.15) is 0 Å². The van der Waals surface area contributed by atoms with Crippen molar-refractivity contribution in [2.24, 2.45) is 5.73 Å². The van der Waals surface area contributed by atoms with Crippen LogP contribution in [0, 0.1) is 0 Å². The Balaban J connectivity index is 2.35. The lowest BCUT2D eigenvalue weighted by molar-refractivity contribution is 0.100. The maximum absolute atomic E-state index is 11.6. The Labute approximate surface area is 116 Å². The van der Waals surface area contributed by atoms with E-state index in [1.165, 1.54) is 0 Å². The predicted molar refractivity (Wildman–Crippen MR) is 79.6 cm³/mol. The van der Waals surface area contributed by atoms with Gasteiger partial charge in [0.15, 0.2) is 0 Å². The SMILES string of the molecule is NC(=O)c1ccccc1-c1cccc2ccc(O)cc12. The molecule has 0 fully saturated rings. The fourth-order valence-electron chi connectivity index (χ4n) is 2.43. The second-order valence-corrected chi connectivity index (χ2v) is 4.62. The third-order valence-corrected chi connectivity index (χ3v) is 3.35. The largest absolute Gasteiger partial charge is 0.508 e. The summed E-state index contributed by atoms with van der Waals surface area (Å²) >= 11 is 0. The number of amides is 1. The van der Waals surface area contributed by atoms with Crippen molar-refractivity contribution in [3.63, 3.8) is 0 Å². The van der Waals surface area contributed by atoms with E-state index < -0.39 is 5.91 Å². The zero-order valence-electron chi connectivity index (χ0n) is 10.7. The molecule has 3 nitrogen and oxygen atoms in total. The molecule has 0 radical (unpaired) electrons. The minimum Gasteiger partial charge on any atom is -0.508 e. The third-order valence-electron chi connectivity index (χ3n) is 3.35. The smallest absolute Gasteiger partial charge is 0.249 e. The number of benzene rings is 3. The van der Waals surface area contributed by atoms with Crippen molar-refractivity contribution in [2.45, 2.75) is 0 Å². The van der Waals surface area contributed by atoms with Gasteiger partial charge in [0.05, 0.1) is 0 Å². The van der Waals surface area contributed by atoms with E-state index in [9.17, 15) is 9.90 Å². The number of phenolic OH excluding ortho intramolecular Hbond substituents is 1. The summed E-state index contributed by atoms with van der Waals surface area (Å²) in [6.45, 7) is 0. The predicted octanol–water partition coefficient (Wildman–Crippen LogP) is 3.31. The van der Waals surface area contributed by atoms with Crippen LogP contribution in [0.2, 0.25) is 0 Å². The number of nitrogens with two attached hydrogens (primary N) is 1. The van der Waals surface area contributed by atoms with Crippen LogP contribution in [-0.4, -0.2) is 11.0 Å². The monoisotopic (exact) mass is 263 g/mol. The molecular formula is C17H13NO2. The molecule has 0 aliphatic rings. The molecule has 3 aromatic carbocycles. The molecule has 0 atom stereocenters. The van der Waals surface area contributed by atoms with Crippen molar-refractivity contribution in [3.8, 4) is 16.9 Å². The number of primary amides is 1. The number of hydrogen-bond acceptors (Lipinski definition) is 2. The lowest BCUT2D eigenvalue weighted by Gasteiger charge is -2.10. The minimum absolute atomic E-state index is 0.196. The van der Waals surface area contributed by atoms with Gasteiger partial charge in [-0.3, -0.25) is 4.79 Å². The highest BCUT2D eigenvalue weighted by atomic mass is 16.3. The van der Waals surface area contributed by atoms with Gasteiger partial charge >= 0.3 is 0 Å². The van der Waals surface area contributed by atoms with E-state index in [-0.39, 0.29) is 5.75 Å². The van der Waals surface area contributed by atoms with Gasteiger partial charge in [0.1, 0.15) is 5.75 Å². The molecule has 0 aliphatic carbocycles. The Morgan fingerprint density at radius 1 is 0.900 bits per heavy atom. The first kappa shape index (κ1) is 12.2. The van der Waals surface area contributed by atoms with Gasteiger partial charge in [-0.05, 0) is 40.1 Å².